The molecule has 2 heterocycles. The molecule has 1 aliphatic heterocycles. The lowest BCUT2D eigenvalue weighted by molar-refractivity contribution is 0.147. The Bertz CT molecular complexity index is 365. The van der Waals surface area contributed by atoms with Crippen molar-refractivity contribution in [1.29, 1.82) is 0 Å². The van der Waals surface area contributed by atoms with Crippen LogP contribution in [-0.2, 0) is 0 Å². The first-order valence-electron chi connectivity index (χ1n) is 6.72. The summed E-state index contributed by atoms with van der Waals surface area (Å²) in [5.41, 5.74) is 0. The number of amides is 2. The smallest absolute Gasteiger partial charge is 0.318 e. The Morgan fingerprint density at radius 3 is 3.22 bits per heavy atom. The van der Waals surface area contributed by atoms with E-state index in [2.05, 4.69) is 27.4 Å². The average Bonchev–Trinajstić information content (AvgIpc) is 2.93. The van der Waals surface area contributed by atoms with Crippen molar-refractivity contribution < 1.29 is 4.79 Å². The van der Waals surface area contributed by atoms with Gasteiger partial charge in [-0.25, -0.2) is 9.78 Å². The van der Waals surface area contributed by atoms with Gasteiger partial charge < -0.3 is 10.2 Å². The second-order valence-electron chi connectivity index (χ2n) is 4.66. The maximum atomic E-state index is 12.1. The van der Waals surface area contributed by atoms with Gasteiger partial charge in [-0.15, -0.1) is 0 Å². The van der Waals surface area contributed by atoms with Gasteiger partial charge in [0.25, 0.3) is 0 Å². The largest absolute Gasteiger partial charge is 0.338 e. The Kier molecular flexibility index (Phi) is 4.55. The molecule has 1 saturated heterocycles. The predicted molar refractivity (Wildman–Crippen MR) is 68.0 cm³/mol. The number of urea groups is 1. The Hall–Kier alpha value is -1.59. The van der Waals surface area contributed by atoms with Crippen LogP contribution in [0.4, 0.5) is 4.79 Å². The molecule has 1 aliphatic rings. The first-order chi connectivity index (χ1) is 8.83. The summed E-state index contributed by atoms with van der Waals surface area (Å²) in [6.45, 7) is 3.66. The summed E-state index contributed by atoms with van der Waals surface area (Å²) in [5, 5.41) is 9.72. The lowest BCUT2D eigenvalue weighted by Crippen LogP contribution is -2.45. The van der Waals surface area contributed by atoms with Crippen molar-refractivity contribution in [3.05, 3.63) is 12.2 Å². The van der Waals surface area contributed by atoms with E-state index < -0.39 is 0 Å². The fourth-order valence-electron chi connectivity index (χ4n) is 2.31. The molecule has 2 amide bonds. The van der Waals surface area contributed by atoms with Crippen molar-refractivity contribution in [2.75, 3.05) is 13.1 Å². The SMILES string of the molecule is CCCCNC(=O)N1CCCC[C@@H]1c1ncn[nH]1. The minimum atomic E-state index is 0.0181. The first-order valence-corrected chi connectivity index (χ1v) is 6.72. The molecule has 0 radical (unpaired) electrons. The minimum Gasteiger partial charge on any atom is -0.338 e. The number of aromatic amines is 1. The number of H-pyrrole nitrogens is 1. The molecule has 2 rings (SSSR count). The van der Waals surface area contributed by atoms with E-state index in [0.29, 0.717) is 0 Å². The maximum absolute atomic E-state index is 12.1. The van der Waals surface area contributed by atoms with Crippen molar-refractivity contribution in [2.45, 2.75) is 45.1 Å². The molecule has 1 aromatic rings. The van der Waals surface area contributed by atoms with Crippen LogP contribution in [0.25, 0.3) is 0 Å². The third-order valence-corrected chi connectivity index (χ3v) is 3.32. The molecule has 0 bridgehead atoms. The number of likely N-dealkylation sites (tertiary alicyclic amines) is 1. The quantitative estimate of drug-likeness (QED) is 0.802. The number of unbranched alkanes of at least 4 members (excludes halogenated alkanes) is 1. The van der Waals surface area contributed by atoms with Crippen LogP contribution >= 0.6 is 0 Å². The fourth-order valence-corrected chi connectivity index (χ4v) is 2.31. The van der Waals surface area contributed by atoms with E-state index in [4.69, 9.17) is 0 Å². The number of nitrogens with zero attached hydrogens (tertiary/aromatic N) is 3. The van der Waals surface area contributed by atoms with Crippen LogP contribution in [0, 0.1) is 0 Å². The number of aromatic nitrogens is 3. The zero-order valence-electron chi connectivity index (χ0n) is 10.9. The molecule has 0 aliphatic carbocycles. The number of hydrogen-bond donors (Lipinski definition) is 2. The standard InChI is InChI=1S/C12H21N5O/c1-2-3-7-13-12(18)17-8-5-4-6-10(17)11-14-9-15-16-11/h9-10H,2-8H2,1H3,(H,13,18)(H,14,15,16)/t10-/m1/s1. The minimum absolute atomic E-state index is 0.0181. The first kappa shape index (κ1) is 12.9. The van der Waals surface area contributed by atoms with Crippen LogP contribution in [-0.4, -0.2) is 39.2 Å². The second-order valence-corrected chi connectivity index (χ2v) is 4.66. The Morgan fingerprint density at radius 2 is 2.50 bits per heavy atom. The van der Waals surface area contributed by atoms with Gasteiger partial charge in [0.1, 0.15) is 12.2 Å². The molecule has 0 aromatic carbocycles. The molecular formula is C12H21N5O. The van der Waals surface area contributed by atoms with Crippen LogP contribution in [0.3, 0.4) is 0 Å². The highest BCUT2D eigenvalue weighted by Crippen LogP contribution is 2.28. The maximum Gasteiger partial charge on any atom is 0.318 e. The lowest BCUT2D eigenvalue weighted by Gasteiger charge is -2.34. The van der Waals surface area contributed by atoms with E-state index in [-0.39, 0.29) is 12.1 Å². The molecule has 0 spiro atoms. The third-order valence-electron chi connectivity index (χ3n) is 3.32. The molecule has 18 heavy (non-hydrogen) atoms. The van der Waals surface area contributed by atoms with Crippen molar-refractivity contribution in [3.8, 4) is 0 Å². The van der Waals surface area contributed by atoms with Gasteiger partial charge in [0.05, 0.1) is 6.04 Å². The topological polar surface area (TPSA) is 73.9 Å². The van der Waals surface area contributed by atoms with Gasteiger partial charge in [0.15, 0.2) is 0 Å². The Morgan fingerprint density at radius 1 is 1.61 bits per heavy atom. The monoisotopic (exact) mass is 251 g/mol. The van der Waals surface area contributed by atoms with Gasteiger partial charge in [-0.2, -0.15) is 5.10 Å². The van der Waals surface area contributed by atoms with Gasteiger partial charge in [0, 0.05) is 13.1 Å². The number of nitrogens with one attached hydrogen (secondary N) is 2. The number of carbonyl (C=O) groups excluding carboxylic acids is 1. The summed E-state index contributed by atoms with van der Waals surface area (Å²) in [5.74, 6) is 0.792. The average molecular weight is 251 g/mol. The number of hydrogen-bond acceptors (Lipinski definition) is 3. The molecule has 6 nitrogen and oxygen atoms in total. The van der Waals surface area contributed by atoms with E-state index in [1.54, 1.807) is 0 Å². The molecule has 1 atom stereocenters. The summed E-state index contributed by atoms with van der Waals surface area (Å²) in [4.78, 5) is 18.2. The summed E-state index contributed by atoms with van der Waals surface area (Å²) >= 11 is 0. The molecule has 0 unspecified atom stereocenters. The lowest BCUT2D eigenvalue weighted by atomic mass is 10.0. The second kappa shape index (κ2) is 6.37. The van der Waals surface area contributed by atoms with Crippen molar-refractivity contribution in [2.24, 2.45) is 0 Å². The van der Waals surface area contributed by atoms with Crippen LogP contribution in [0.5, 0.6) is 0 Å². The molecule has 0 saturated carbocycles. The van der Waals surface area contributed by atoms with Gasteiger partial charge >= 0.3 is 6.03 Å². The summed E-state index contributed by atoms with van der Waals surface area (Å²) < 4.78 is 0. The van der Waals surface area contributed by atoms with Crippen molar-refractivity contribution in [3.63, 3.8) is 0 Å². The van der Waals surface area contributed by atoms with Crippen LogP contribution < -0.4 is 5.32 Å². The number of piperidine rings is 1. The van der Waals surface area contributed by atoms with E-state index in [1.165, 1.54) is 6.33 Å². The van der Waals surface area contributed by atoms with Crippen molar-refractivity contribution in [1.82, 2.24) is 25.4 Å². The van der Waals surface area contributed by atoms with E-state index in [0.717, 1.165) is 51.0 Å². The number of carbonyl (C=O) groups is 1. The highest BCUT2D eigenvalue weighted by Gasteiger charge is 2.29. The fraction of sp³-hybridized carbons (Fsp3) is 0.750. The summed E-state index contributed by atoms with van der Waals surface area (Å²) in [6, 6.07) is 0.0624. The molecular weight excluding hydrogens is 230 g/mol. The van der Waals surface area contributed by atoms with E-state index in [1.807, 2.05) is 4.90 Å². The predicted octanol–water partition coefficient (Wildman–Crippen LogP) is 1.84. The normalized spacial score (nSPS) is 19.8. The van der Waals surface area contributed by atoms with E-state index in [9.17, 15) is 4.79 Å². The summed E-state index contributed by atoms with van der Waals surface area (Å²) in [7, 11) is 0. The van der Waals surface area contributed by atoms with Crippen molar-refractivity contribution >= 4 is 6.03 Å². The Labute approximate surface area is 107 Å². The van der Waals surface area contributed by atoms with Gasteiger partial charge in [0.2, 0.25) is 0 Å². The van der Waals surface area contributed by atoms with Gasteiger partial charge in [-0.3, -0.25) is 5.10 Å². The van der Waals surface area contributed by atoms with E-state index >= 15 is 0 Å². The molecule has 1 aromatic heterocycles. The summed E-state index contributed by atoms with van der Waals surface area (Å²) in [6.07, 6.45) is 6.75. The van der Waals surface area contributed by atoms with Gasteiger partial charge in [-0.05, 0) is 25.7 Å². The molecule has 100 valence electrons. The highest BCUT2D eigenvalue weighted by molar-refractivity contribution is 5.74. The van der Waals surface area contributed by atoms with Gasteiger partial charge in [-0.1, -0.05) is 13.3 Å². The van der Waals surface area contributed by atoms with Crippen LogP contribution in [0.1, 0.15) is 50.9 Å². The van der Waals surface area contributed by atoms with Crippen LogP contribution in [0.15, 0.2) is 6.33 Å². The molecule has 6 heteroatoms. The zero-order valence-corrected chi connectivity index (χ0v) is 10.9. The number of rotatable bonds is 4. The Balaban J connectivity index is 1.97. The van der Waals surface area contributed by atoms with Crippen LogP contribution in [0.2, 0.25) is 0 Å². The highest BCUT2D eigenvalue weighted by atomic mass is 16.2. The third kappa shape index (κ3) is 3.00. The molecule has 2 N–H and O–H groups in total. The zero-order chi connectivity index (χ0) is 12.8. The molecule has 1 fully saturated rings.